The Hall–Kier alpha value is -1.05. The standard InChI is InChI=1S/C16H23NO/c1-15(2)8-13-12(14(18)9-15)5-6-17(13)10-11-7-16(11,3)4/h5-6,11H,7-10H2,1-4H3. The molecule has 0 radical (unpaired) electrons. The van der Waals surface area contributed by atoms with Crippen molar-refractivity contribution >= 4 is 5.78 Å². The lowest BCUT2D eigenvalue weighted by Crippen LogP contribution is -2.28. The largest absolute Gasteiger partial charge is 0.350 e. The number of hydrogen-bond acceptors (Lipinski definition) is 1. The van der Waals surface area contributed by atoms with Gasteiger partial charge in [-0.05, 0) is 35.7 Å². The van der Waals surface area contributed by atoms with E-state index < -0.39 is 0 Å². The molecule has 0 spiro atoms. The van der Waals surface area contributed by atoms with E-state index in [1.807, 2.05) is 6.07 Å². The first-order chi connectivity index (χ1) is 8.28. The van der Waals surface area contributed by atoms with Crippen molar-refractivity contribution in [2.24, 2.45) is 16.7 Å². The highest BCUT2D eigenvalue weighted by Gasteiger charge is 2.46. The minimum Gasteiger partial charge on any atom is -0.350 e. The molecule has 2 nitrogen and oxygen atoms in total. The van der Waals surface area contributed by atoms with Crippen LogP contribution in [0.5, 0.6) is 0 Å². The van der Waals surface area contributed by atoms with Gasteiger partial charge in [0.25, 0.3) is 0 Å². The van der Waals surface area contributed by atoms with Crippen LogP contribution in [-0.2, 0) is 13.0 Å². The van der Waals surface area contributed by atoms with E-state index in [0.29, 0.717) is 17.6 Å². The zero-order chi connectivity index (χ0) is 13.1. The third kappa shape index (κ3) is 1.92. The molecule has 0 aliphatic heterocycles. The monoisotopic (exact) mass is 245 g/mol. The molecule has 1 fully saturated rings. The number of hydrogen-bond donors (Lipinski definition) is 0. The predicted octanol–water partition coefficient (Wildman–Crippen LogP) is 3.69. The second kappa shape index (κ2) is 3.49. The summed E-state index contributed by atoms with van der Waals surface area (Å²) in [7, 11) is 0. The molecule has 1 saturated carbocycles. The Bertz CT molecular complexity index is 507. The van der Waals surface area contributed by atoms with Crippen LogP contribution < -0.4 is 0 Å². The minimum absolute atomic E-state index is 0.124. The molecule has 1 aromatic heterocycles. The van der Waals surface area contributed by atoms with Crippen LogP contribution >= 0.6 is 0 Å². The number of ketones is 1. The summed E-state index contributed by atoms with van der Waals surface area (Å²) in [5.74, 6) is 1.11. The van der Waals surface area contributed by atoms with Crippen molar-refractivity contribution in [3.63, 3.8) is 0 Å². The van der Waals surface area contributed by atoms with Crippen LogP contribution in [0, 0.1) is 16.7 Å². The van der Waals surface area contributed by atoms with E-state index in [1.54, 1.807) is 0 Å². The average Bonchev–Trinajstić information content (AvgIpc) is 2.64. The van der Waals surface area contributed by atoms with E-state index in [1.165, 1.54) is 12.1 Å². The number of aromatic nitrogens is 1. The first-order valence-corrected chi connectivity index (χ1v) is 7.00. The molecule has 1 heterocycles. The van der Waals surface area contributed by atoms with Crippen molar-refractivity contribution < 1.29 is 4.79 Å². The molecule has 18 heavy (non-hydrogen) atoms. The molecule has 98 valence electrons. The zero-order valence-corrected chi connectivity index (χ0v) is 11.9. The molecule has 0 amide bonds. The average molecular weight is 245 g/mol. The van der Waals surface area contributed by atoms with Crippen LogP contribution in [0.15, 0.2) is 12.3 Å². The van der Waals surface area contributed by atoms with E-state index >= 15 is 0 Å². The van der Waals surface area contributed by atoms with Gasteiger partial charge < -0.3 is 4.57 Å². The first-order valence-electron chi connectivity index (χ1n) is 7.00. The SMILES string of the molecule is CC1(C)CC(=O)c2ccn(CC3CC3(C)C)c2C1. The van der Waals surface area contributed by atoms with Crippen LogP contribution in [0.25, 0.3) is 0 Å². The molecule has 1 unspecified atom stereocenters. The number of rotatable bonds is 2. The summed E-state index contributed by atoms with van der Waals surface area (Å²) in [6.45, 7) is 10.2. The molecule has 2 aliphatic rings. The molecular formula is C16H23NO. The van der Waals surface area contributed by atoms with E-state index in [0.717, 1.165) is 24.4 Å². The fourth-order valence-electron chi connectivity index (χ4n) is 3.30. The molecule has 0 saturated heterocycles. The van der Waals surface area contributed by atoms with E-state index in [2.05, 4.69) is 38.5 Å². The second-order valence-electron chi connectivity index (χ2n) is 7.66. The highest BCUT2D eigenvalue weighted by Crippen LogP contribution is 2.52. The molecule has 1 atom stereocenters. The summed E-state index contributed by atoms with van der Waals surface area (Å²) in [5.41, 5.74) is 2.89. The van der Waals surface area contributed by atoms with Gasteiger partial charge in [0.2, 0.25) is 0 Å². The molecule has 0 N–H and O–H groups in total. The zero-order valence-electron chi connectivity index (χ0n) is 11.9. The Balaban J connectivity index is 1.88. The lowest BCUT2D eigenvalue weighted by molar-refractivity contribution is 0.0910. The summed E-state index contributed by atoms with van der Waals surface area (Å²) in [5, 5.41) is 0. The fourth-order valence-corrected chi connectivity index (χ4v) is 3.30. The third-order valence-electron chi connectivity index (χ3n) is 4.80. The van der Waals surface area contributed by atoms with E-state index in [-0.39, 0.29) is 5.41 Å². The number of carbonyl (C=O) groups excluding carboxylic acids is 1. The van der Waals surface area contributed by atoms with Crippen LogP contribution in [0.1, 0.15) is 56.6 Å². The minimum atomic E-state index is 0.124. The van der Waals surface area contributed by atoms with Crippen molar-refractivity contribution in [1.29, 1.82) is 0 Å². The van der Waals surface area contributed by atoms with Gasteiger partial charge in [-0.15, -0.1) is 0 Å². The maximum Gasteiger partial charge on any atom is 0.165 e. The Morgan fingerprint density at radius 3 is 2.56 bits per heavy atom. The van der Waals surface area contributed by atoms with Gasteiger partial charge in [0, 0.05) is 30.4 Å². The third-order valence-corrected chi connectivity index (χ3v) is 4.80. The topological polar surface area (TPSA) is 22.0 Å². The summed E-state index contributed by atoms with van der Waals surface area (Å²) in [6, 6.07) is 2.03. The van der Waals surface area contributed by atoms with Crippen LogP contribution in [0.3, 0.4) is 0 Å². The lowest BCUT2D eigenvalue weighted by atomic mass is 9.76. The predicted molar refractivity (Wildman–Crippen MR) is 72.8 cm³/mol. The van der Waals surface area contributed by atoms with E-state index in [4.69, 9.17) is 0 Å². The van der Waals surface area contributed by atoms with Gasteiger partial charge in [-0.3, -0.25) is 4.79 Å². The van der Waals surface area contributed by atoms with Crippen molar-refractivity contribution in [3.8, 4) is 0 Å². The number of nitrogens with zero attached hydrogens (tertiary/aromatic N) is 1. The molecule has 2 aliphatic carbocycles. The number of Topliss-reactive ketones (excluding diaryl/α,β-unsaturated/α-hetero) is 1. The first kappa shape index (κ1) is 12.0. The Labute approximate surface area is 109 Å². The van der Waals surface area contributed by atoms with Gasteiger partial charge >= 0.3 is 0 Å². The maximum atomic E-state index is 12.1. The van der Waals surface area contributed by atoms with Gasteiger partial charge in [0.15, 0.2) is 5.78 Å². The number of fused-ring (bicyclic) bond motifs is 1. The van der Waals surface area contributed by atoms with Crippen molar-refractivity contribution in [2.45, 2.75) is 53.5 Å². The van der Waals surface area contributed by atoms with Crippen molar-refractivity contribution in [2.75, 3.05) is 0 Å². The Morgan fingerprint density at radius 1 is 1.28 bits per heavy atom. The van der Waals surface area contributed by atoms with Gasteiger partial charge in [0.1, 0.15) is 0 Å². The lowest BCUT2D eigenvalue weighted by Gasteiger charge is -2.29. The molecular weight excluding hydrogens is 222 g/mol. The Morgan fingerprint density at radius 2 is 1.94 bits per heavy atom. The normalized spacial score (nSPS) is 28.0. The van der Waals surface area contributed by atoms with Gasteiger partial charge in [0.05, 0.1) is 0 Å². The molecule has 2 heteroatoms. The quantitative estimate of drug-likeness (QED) is 0.779. The van der Waals surface area contributed by atoms with Crippen molar-refractivity contribution in [3.05, 3.63) is 23.5 Å². The number of carbonyl (C=O) groups is 1. The highest BCUT2D eigenvalue weighted by molar-refractivity contribution is 5.98. The molecule has 3 rings (SSSR count). The molecule has 1 aromatic rings. The van der Waals surface area contributed by atoms with Gasteiger partial charge in [-0.2, -0.15) is 0 Å². The summed E-state index contributed by atoms with van der Waals surface area (Å²) >= 11 is 0. The summed E-state index contributed by atoms with van der Waals surface area (Å²) in [4.78, 5) is 12.1. The molecule has 0 bridgehead atoms. The van der Waals surface area contributed by atoms with E-state index in [9.17, 15) is 4.79 Å². The second-order valence-corrected chi connectivity index (χ2v) is 7.66. The van der Waals surface area contributed by atoms with Crippen molar-refractivity contribution in [1.82, 2.24) is 4.57 Å². The summed E-state index contributed by atoms with van der Waals surface area (Å²) in [6.07, 6.45) is 5.17. The highest BCUT2D eigenvalue weighted by atomic mass is 16.1. The van der Waals surface area contributed by atoms with Crippen LogP contribution in [-0.4, -0.2) is 10.4 Å². The van der Waals surface area contributed by atoms with Crippen LogP contribution in [0.4, 0.5) is 0 Å². The van der Waals surface area contributed by atoms with Gasteiger partial charge in [-0.25, -0.2) is 0 Å². The Kier molecular flexibility index (Phi) is 2.33. The maximum absolute atomic E-state index is 12.1. The summed E-state index contributed by atoms with van der Waals surface area (Å²) < 4.78 is 2.34. The van der Waals surface area contributed by atoms with Crippen LogP contribution in [0.2, 0.25) is 0 Å². The van der Waals surface area contributed by atoms with Gasteiger partial charge in [-0.1, -0.05) is 27.7 Å². The molecule has 0 aromatic carbocycles. The fraction of sp³-hybridized carbons (Fsp3) is 0.688. The smallest absolute Gasteiger partial charge is 0.165 e.